The third-order valence-corrected chi connectivity index (χ3v) is 7.11. The molecule has 12 nitrogen and oxygen atoms in total. The van der Waals surface area contributed by atoms with Crippen LogP contribution in [0.5, 0.6) is 0 Å². The van der Waals surface area contributed by atoms with Crippen molar-refractivity contribution in [3.63, 3.8) is 0 Å². The minimum atomic E-state index is -1.10. The van der Waals surface area contributed by atoms with Crippen LogP contribution >= 0.6 is 0 Å². The van der Waals surface area contributed by atoms with Crippen molar-refractivity contribution in [2.24, 2.45) is 11.7 Å². The predicted octanol–water partition coefficient (Wildman–Crippen LogP) is 1.72. The van der Waals surface area contributed by atoms with Crippen molar-refractivity contribution in [3.05, 3.63) is 48.4 Å². The van der Waals surface area contributed by atoms with Gasteiger partial charge >= 0.3 is 6.09 Å². The second-order valence-electron chi connectivity index (χ2n) is 9.77. The van der Waals surface area contributed by atoms with Crippen LogP contribution < -0.4 is 31.9 Å². The summed E-state index contributed by atoms with van der Waals surface area (Å²) in [5, 5.41) is 15.4. The van der Waals surface area contributed by atoms with Gasteiger partial charge in [-0.3, -0.25) is 9.78 Å². The minimum absolute atomic E-state index is 0.0509. The molecule has 7 N–H and O–H groups in total. The molecule has 1 aromatic carbocycles. The van der Waals surface area contributed by atoms with Gasteiger partial charge in [0.15, 0.2) is 5.69 Å². The van der Waals surface area contributed by atoms with E-state index in [1.807, 2.05) is 30.0 Å². The molecule has 0 radical (unpaired) electrons. The molecule has 2 saturated heterocycles. The summed E-state index contributed by atoms with van der Waals surface area (Å²) in [5.74, 6) is -0.500. The Morgan fingerprint density at radius 2 is 1.92 bits per heavy atom. The van der Waals surface area contributed by atoms with Crippen molar-refractivity contribution in [1.82, 2.24) is 15.3 Å². The highest BCUT2D eigenvalue weighted by Gasteiger charge is 2.34. The molecule has 0 spiro atoms. The number of piperidine rings is 1. The summed E-state index contributed by atoms with van der Waals surface area (Å²) in [7, 11) is 0. The molecular formula is C26H32N8O4. The van der Waals surface area contributed by atoms with Gasteiger partial charge < -0.3 is 41.7 Å². The van der Waals surface area contributed by atoms with Crippen LogP contribution in [0.25, 0.3) is 10.9 Å². The summed E-state index contributed by atoms with van der Waals surface area (Å²) in [6, 6.07) is 8.70. The monoisotopic (exact) mass is 520 g/mol. The number of rotatable bonds is 5. The van der Waals surface area contributed by atoms with Crippen molar-refractivity contribution >= 4 is 45.7 Å². The highest BCUT2D eigenvalue weighted by Crippen LogP contribution is 2.30. The number of carbonyl (C=O) groups is 2. The number of nitrogens with zero attached hydrogens (tertiary/aromatic N) is 4. The molecule has 3 aromatic rings. The summed E-state index contributed by atoms with van der Waals surface area (Å²) < 4.78 is 5.45. The highest BCUT2D eigenvalue weighted by atomic mass is 16.5. The fourth-order valence-electron chi connectivity index (χ4n) is 5.23. The first kappa shape index (κ1) is 25.5. The average Bonchev–Trinajstić information content (AvgIpc) is 2.90. The third kappa shape index (κ3) is 5.27. The van der Waals surface area contributed by atoms with Gasteiger partial charge in [-0.1, -0.05) is 13.0 Å². The van der Waals surface area contributed by atoms with Gasteiger partial charge in [0.2, 0.25) is 0 Å². The molecule has 0 saturated carbocycles. The van der Waals surface area contributed by atoms with E-state index >= 15 is 0 Å². The van der Waals surface area contributed by atoms with Crippen LogP contribution in [0.15, 0.2) is 42.7 Å². The molecule has 3 unspecified atom stereocenters. The Bertz CT molecular complexity index is 1330. The molecule has 2 aliphatic heterocycles. The topological polar surface area (TPSA) is 172 Å². The summed E-state index contributed by atoms with van der Waals surface area (Å²) in [5.41, 5.74) is 15.9. The number of morpholine rings is 1. The number of ether oxygens (including phenoxy) is 1. The summed E-state index contributed by atoms with van der Waals surface area (Å²) in [4.78, 5) is 37.6. The van der Waals surface area contributed by atoms with Crippen LogP contribution in [0.2, 0.25) is 0 Å². The Morgan fingerprint density at radius 3 is 2.66 bits per heavy atom. The molecule has 12 heteroatoms. The quantitative estimate of drug-likeness (QED) is 0.333. The van der Waals surface area contributed by atoms with Gasteiger partial charge in [0, 0.05) is 49.5 Å². The second kappa shape index (κ2) is 10.7. The standard InChI is InChI=1S/C26H32N8O4/c1-15-13-34(14-19(28)23(15)32-26(36)37)22-4-5-29-12-21(22)31-25(35)24-18(27)10-16-2-3-17(11-20(16)30-24)33-6-8-38-9-7-33/h2-5,10-12,15,19,23,32H,6-9,13-14,27-28H2,1H3,(H,31,35)(H,36,37). The highest BCUT2D eigenvalue weighted by molar-refractivity contribution is 6.09. The molecule has 200 valence electrons. The number of nitrogens with one attached hydrogen (secondary N) is 2. The minimum Gasteiger partial charge on any atom is -0.465 e. The third-order valence-electron chi connectivity index (χ3n) is 7.11. The number of fused-ring (bicyclic) bond motifs is 1. The number of benzene rings is 1. The molecule has 5 rings (SSSR count). The van der Waals surface area contributed by atoms with E-state index in [4.69, 9.17) is 21.3 Å². The zero-order valence-corrected chi connectivity index (χ0v) is 21.1. The second-order valence-corrected chi connectivity index (χ2v) is 9.77. The maximum Gasteiger partial charge on any atom is 0.404 e. The maximum absolute atomic E-state index is 13.4. The van der Waals surface area contributed by atoms with E-state index in [0.29, 0.717) is 37.5 Å². The van der Waals surface area contributed by atoms with Crippen molar-refractivity contribution in [3.8, 4) is 0 Å². The molecule has 2 aromatic heterocycles. The SMILES string of the molecule is CC1CN(c2ccncc2NC(=O)c2nc3cc(N4CCOCC4)ccc3cc2N)CC(N)C1NC(=O)O. The van der Waals surface area contributed by atoms with E-state index in [1.54, 1.807) is 24.5 Å². The first-order valence-electron chi connectivity index (χ1n) is 12.6. The zero-order valence-electron chi connectivity index (χ0n) is 21.1. The van der Waals surface area contributed by atoms with Crippen molar-refractivity contribution < 1.29 is 19.4 Å². The normalized spacial score (nSPS) is 21.8. The first-order chi connectivity index (χ1) is 18.3. The molecule has 38 heavy (non-hydrogen) atoms. The molecule has 4 heterocycles. The largest absolute Gasteiger partial charge is 0.465 e. The number of amides is 2. The lowest BCUT2D eigenvalue weighted by molar-refractivity contribution is 0.102. The molecular weight excluding hydrogens is 488 g/mol. The summed E-state index contributed by atoms with van der Waals surface area (Å²) in [6.07, 6.45) is 2.11. The Kier molecular flexibility index (Phi) is 7.16. The van der Waals surface area contributed by atoms with Crippen LogP contribution in [0.3, 0.4) is 0 Å². The number of nitrogen functional groups attached to an aromatic ring is 1. The van der Waals surface area contributed by atoms with E-state index in [9.17, 15) is 9.59 Å². The van der Waals surface area contributed by atoms with Gasteiger partial charge in [-0.05, 0) is 30.2 Å². The Hall–Kier alpha value is -4.16. The molecule has 3 atom stereocenters. The fourth-order valence-corrected chi connectivity index (χ4v) is 5.23. The van der Waals surface area contributed by atoms with Gasteiger partial charge in [-0.15, -0.1) is 0 Å². The fraction of sp³-hybridized carbons (Fsp3) is 0.385. The van der Waals surface area contributed by atoms with E-state index in [1.165, 1.54) is 0 Å². The van der Waals surface area contributed by atoms with Crippen LogP contribution in [0.1, 0.15) is 17.4 Å². The number of anilines is 4. The van der Waals surface area contributed by atoms with E-state index < -0.39 is 18.0 Å². The summed E-state index contributed by atoms with van der Waals surface area (Å²) >= 11 is 0. The summed E-state index contributed by atoms with van der Waals surface area (Å²) in [6.45, 7) is 5.83. The molecule has 2 amide bonds. The smallest absolute Gasteiger partial charge is 0.404 e. The van der Waals surface area contributed by atoms with E-state index in [2.05, 4.69) is 25.5 Å². The first-order valence-corrected chi connectivity index (χ1v) is 12.6. The lowest BCUT2D eigenvalue weighted by atomic mass is 9.90. The Balaban J connectivity index is 1.38. The lowest BCUT2D eigenvalue weighted by Crippen LogP contribution is -2.61. The number of carbonyl (C=O) groups excluding carboxylic acids is 1. The van der Waals surface area contributed by atoms with Crippen molar-refractivity contribution in [1.29, 1.82) is 0 Å². The Labute approximate surface area is 220 Å². The number of hydrogen-bond donors (Lipinski definition) is 5. The van der Waals surface area contributed by atoms with E-state index in [0.717, 1.165) is 29.9 Å². The van der Waals surface area contributed by atoms with Crippen LogP contribution in [0, 0.1) is 5.92 Å². The average molecular weight is 521 g/mol. The number of hydrogen-bond acceptors (Lipinski definition) is 9. The molecule has 0 aliphatic carbocycles. The predicted molar refractivity (Wildman–Crippen MR) is 146 cm³/mol. The maximum atomic E-state index is 13.4. The van der Waals surface area contributed by atoms with Crippen LogP contribution in [-0.2, 0) is 4.74 Å². The van der Waals surface area contributed by atoms with Crippen molar-refractivity contribution in [2.45, 2.75) is 19.0 Å². The molecule has 0 bridgehead atoms. The lowest BCUT2D eigenvalue weighted by Gasteiger charge is -2.42. The van der Waals surface area contributed by atoms with Crippen molar-refractivity contribution in [2.75, 3.05) is 60.2 Å². The van der Waals surface area contributed by atoms with Crippen LogP contribution in [0.4, 0.5) is 27.5 Å². The van der Waals surface area contributed by atoms with Gasteiger partial charge in [0.1, 0.15) is 0 Å². The van der Waals surface area contributed by atoms with Crippen LogP contribution in [-0.4, -0.2) is 78.6 Å². The zero-order chi connectivity index (χ0) is 26.8. The molecule has 2 aliphatic rings. The van der Waals surface area contributed by atoms with Gasteiger partial charge in [0.05, 0.1) is 48.0 Å². The van der Waals surface area contributed by atoms with Gasteiger partial charge in [0.25, 0.3) is 5.91 Å². The Morgan fingerprint density at radius 1 is 1.13 bits per heavy atom. The van der Waals surface area contributed by atoms with E-state index in [-0.39, 0.29) is 23.3 Å². The number of carboxylic acid groups (broad SMARTS) is 1. The van der Waals surface area contributed by atoms with Gasteiger partial charge in [-0.25, -0.2) is 9.78 Å². The number of aromatic nitrogens is 2. The number of nitrogens with two attached hydrogens (primary N) is 2. The number of pyridine rings is 2. The van der Waals surface area contributed by atoms with Gasteiger partial charge in [-0.2, -0.15) is 0 Å². The molecule has 2 fully saturated rings.